The minimum atomic E-state index is 0.479. The second kappa shape index (κ2) is 5.85. The van der Waals surface area contributed by atoms with Crippen LogP contribution in [0.25, 0.3) is 0 Å². The third kappa shape index (κ3) is 2.64. The molecular formula is C12H20ClN3O. The lowest BCUT2D eigenvalue weighted by molar-refractivity contribution is 0.181. The Hall–Kier alpha value is -0.580. The van der Waals surface area contributed by atoms with E-state index in [2.05, 4.69) is 10.4 Å². The number of methoxy groups -OCH3 is 1. The zero-order valence-electron chi connectivity index (χ0n) is 10.4. The summed E-state index contributed by atoms with van der Waals surface area (Å²) in [6.07, 6.45) is 5.40. The summed E-state index contributed by atoms with van der Waals surface area (Å²) in [4.78, 5) is 0. The average Bonchev–Trinajstić information content (AvgIpc) is 2.92. The van der Waals surface area contributed by atoms with Gasteiger partial charge in [-0.3, -0.25) is 4.68 Å². The van der Waals surface area contributed by atoms with Gasteiger partial charge in [0.1, 0.15) is 0 Å². The van der Waals surface area contributed by atoms with E-state index in [1.54, 1.807) is 13.3 Å². The minimum absolute atomic E-state index is 0.479. The van der Waals surface area contributed by atoms with Crippen LogP contribution in [0.2, 0.25) is 5.02 Å². The molecule has 2 unspecified atom stereocenters. The number of aromatic nitrogens is 2. The predicted octanol–water partition coefficient (Wildman–Crippen LogP) is 2.04. The molecule has 4 nitrogen and oxygen atoms in total. The molecule has 1 aromatic rings. The highest BCUT2D eigenvalue weighted by Gasteiger charge is 2.31. The molecule has 5 heteroatoms. The van der Waals surface area contributed by atoms with Gasteiger partial charge in [-0.25, -0.2) is 0 Å². The number of likely N-dealkylation sites (N-methyl/N-ethyl adjacent to an activating group) is 1. The maximum absolute atomic E-state index is 6.27. The first-order valence-corrected chi connectivity index (χ1v) is 6.53. The van der Waals surface area contributed by atoms with Crippen LogP contribution < -0.4 is 5.32 Å². The predicted molar refractivity (Wildman–Crippen MR) is 68.6 cm³/mol. The molecule has 1 heterocycles. The summed E-state index contributed by atoms with van der Waals surface area (Å²) in [5, 5.41) is 8.51. The van der Waals surface area contributed by atoms with Gasteiger partial charge in [-0.2, -0.15) is 5.10 Å². The van der Waals surface area contributed by atoms with Crippen LogP contribution in [0.4, 0.5) is 0 Å². The van der Waals surface area contributed by atoms with Crippen molar-refractivity contribution in [1.82, 2.24) is 15.1 Å². The lowest BCUT2D eigenvalue weighted by Crippen LogP contribution is -2.29. The van der Waals surface area contributed by atoms with E-state index in [-0.39, 0.29) is 0 Å². The fourth-order valence-corrected chi connectivity index (χ4v) is 3.01. The lowest BCUT2D eigenvalue weighted by Gasteiger charge is -2.20. The van der Waals surface area contributed by atoms with Gasteiger partial charge < -0.3 is 10.1 Å². The maximum Gasteiger partial charge on any atom is 0.0821 e. The number of halogens is 1. The summed E-state index contributed by atoms with van der Waals surface area (Å²) < 4.78 is 7.10. The smallest absolute Gasteiger partial charge is 0.0821 e. The van der Waals surface area contributed by atoms with Gasteiger partial charge in [0.05, 0.1) is 30.1 Å². The Bertz CT molecular complexity index is 367. The van der Waals surface area contributed by atoms with Crippen molar-refractivity contribution in [2.45, 2.75) is 37.8 Å². The monoisotopic (exact) mass is 257 g/mol. The molecule has 2 rings (SSSR count). The van der Waals surface area contributed by atoms with E-state index in [0.717, 1.165) is 11.6 Å². The van der Waals surface area contributed by atoms with Gasteiger partial charge in [-0.05, 0) is 19.9 Å². The molecule has 0 aliphatic heterocycles. The Morgan fingerprint density at radius 1 is 1.59 bits per heavy atom. The third-order valence-electron chi connectivity index (χ3n) is 3.58. The quantitative estimate of drug-likeness (QED) is 0.878. The highest BCUT2D eigenvalue weighted by Crippen LogP contribution is 2.37. The van der Waals surface area contributed by atoms with Crippen molar-refractivity contribution in [2.24, 2.45) is 0 Å². The number of rotatable bonds is 5. The van der Waals surface area contributed by atoms with Gasteiger partial charge in [0.2, 0.25) is 0 Å². The van der Waals surface area contributed by atoms with Crippen LogP contribution in [-0.2, 0) is 11.3 Å². The van der Waals surface area contributed by atoms with Gasteiger partial charge in [-0.1, -0.05) is 18.0 Å². The Morgan fingerprint density at radius 2 is 2.41 bits per heavy atom. The van der Waals surface area contributed by atoms with Gasteiger partial charge >= 0.3 is 0 Å². The first-order chi connectivity index (χ1) is 8.27. The van der Waals surface area contributed by atoms with Gasteiger partial charge in [0.15, 0.2) is 0 Å². The van der Waals surface area contributed by atoms with Crippen LogP contribution in [-0.4, -0.2) is 36.6 Å². The zero-order chi connectivity index (χ0) is 12.3. The summed E-state index contributed by atoms with van der Waals surface area (Å²) in [7, 11) is 3.73. The first-order valence-electron chi connectivity index (χ1n) is 6.15. The van der Waals surface area contributed by atoms with Crippen LogP contribution in [0.1, 0.15) is 30.9 Å². The molecule has 1 fully saturated rings. The van der Waals surface area contributed by atoms with Crippen molar-refractivity contribution in [3.05, 3.63) is 16.9 Å². The van der Waals surface area contributed by atoms with Crippen LogP contribution in [0, 0.1) is 0 Å². The van der Waals surface area contributed by atoms with Crippen molar-refractivity contribution in [1.29, 1.82) is 0 Å². The average molecular weight is 258 g/mol. The molecule has 96 valence electrons. The molecular weight excluding hydrogens is 238 g/mol. The molecule has 0 aromatic carbocycles. The first kappa shape index (κ1) is 12.9. The number of hydrogen-bond acceptors (Lipinski definition) is 3. The van der Waals surface area contributed by atoms with Gasteiger partial charge in [-0.15, -0.1) is 0 Å². The molecule has 0 amide bonds. The van der Waals surface area contributed by atoms with Crippen molar-refractivity contribution in [2.75, 3.05) is 20.8 Å². The van der Waals surface area contributed by atoms with Gasteiger partial charge in [0, 0.05) is 19.1 Å². The van der Waals surface area contributed by atoms with E-state index in [1.165, 1.54) is 25.0 Å². The fraction of sp³-hybridized carbons (Fsp3) is 0.750. The van der Waals surface area contributed by atoms with E-state index in [9.17, 15) is 0 Å². The van der Waals surface area contributed by atoms with E-state index in [4.69, 9.17) is 16.3 Å². The normalized spacial score (nSPS) is 24.4. The van der Waals surface area contributed by atoms with Crippen LogP contribution in [0.15, 0.2) is 6.20 Å². The molecule has 1 aromatic heterocycles. The maximum atomic E-state index is 6.27. The van der Waals surface area contributed by atoms with Crippen molar-refractivity contribution in [3.63, 3.8) is 0 Å². The lowest BCUT2D eigenvalue weighted by atomic mass is 9.99. The topological polar surface area (TPSA) is 39.1 Å². The molecule has 0 saturated heterocycles. The molecule has 1 aliphatic carbocycles. The molecule has 2 atom stereocenters. The fourth-order valence-electron chi connectivity index (χ4n) is 2.73. The van der Waals surface area contributed by atoms with E-state index >= 15 is 0 Å². The van der Waals surface area contributed by atoms with Crippen molar-refractivity contribution < 1.29 is 4.74 Å². The summed E-state index contributed by atoms with van der Waals surface area (Å²) in [5.74, 6) is 0.479. The molecule has 1 N–H and O–H groups in total. The van der Waals surface area contributed by atoms with E-state index in [1.807, 2.05) is 11.7 Å². The molecule has 1 aliphatic rings. The second-order valence-corrected chi connectivity index (χ2v) is 4.93. The SMILES string of the molecule is CNC1CCCC1c1c(Cl)cnn1CCOC. The number of nitrogens with one attached hydrogen (secondary N) is 1. The molecule has 17 heavy (non-hydrogen) atoms. The number of hydrogen-bond donors (Lipinski definition) is 1. The largest absolute Gasteiger partial charge is 0.383 e. The zero-order valence-corrected chi connectivity index (χ0v) is 11.2. The molecule has 1 saturated carbocycles. The standard InChI is InChI=1S/C12H20ClN3O/c1-14-11-5-3-4-9(11)12-10(13)8-15-16(12)6-7-17-2/h8-9,11,14H,3-7H2,1-2H3. The van der Waals surface area contributed by atoms with E-state index in [0.29, 0.717) is 18.6 Å². The molecule has 0 radical (unpaired) electrons. The van der Waals surface area contributed by atoms with E-state index < -0.39 is 0 Å². The van der Waals surface area contributed by atoms with Crippen molar-refractivity contribution in [3.8, 4) is 0 Å². The van der Waals surface area contributed by atoms with Crippen LogP contribution in [0.5, 0.6) is 0 Å². The summed E-state index contributed by atoms with van der Waals surface area (Å²) in [6.45, 7) is 1.44. The highest BCUT2D eigenvalue weighted by atomic mass is 35.5. The molecule has 0 spiro atoms. The summed E-state index contributed by atoms with van der Waals surface area (Å²) in [6, 6.07) is 0.519. The van der Waals surface area contributed by atoms with Gasteiger partial charge in [0.25, 0.3) is 0 Å². The minimum Gasteiger partial charge on any atom is -0.383 e. The van der Waals surface area contributed by atoms with Crippen molar-refractivity contribution >= 4 is 11.6 Å². The van der Waals surface area contributed by atoms with Crippen LogP contribution >= 0.6 is 11.6 Å². The third-order valence-corrected chi connectivity index (χ3v) is 3.87. The highest BCUT2D eigenvalue weighted by molar-refractivity contribution is 6.31. The molecule has 0 bridgehead atoms. The van der Waals surface area contributed by atoms with Crippen LogP contribution in [0.3, 0.4) is 0 Å². The Kier molecular flexibility index (Phi) is 4.42. The number of ether oxygens (including phenoxy) is 1. The number of nitrogens with zero attached hydrogens (tertiary/aromatic N) is 2. The Balaban J connectivity index is 2.20. The summed E-state index contributed by atoms with van der Waals surface area (Å²) in [5.41, 5.74) is 1.17. The Labute approximate surface area is 107 Å². The Morgan fingerprint density at radius 3 is 3.12 bits per heavy atom. The summed E-state index contributed by atoms with van der Waals surface area (Å²) >= 11 is 6.27. The second-order valence-electron chi connectivity index (χ2n) is 4.53.